The molecule has 1 aliphatic rings. The third-order valence-electron chi connectivity index (χ3n) is 5.22. The summed E-state index contributed by atoms with van der Waals surface area (Å²) < 4.78 is 0. The van der Waals surface area contributed by atoms with E-state index in [1.807, 2.05) is 48.7 Å². The number of nitrogens with one attached hydrogen (secondary N) is 2. The molecule has 2 heterocycles. The van der Waals surface area contributed by atoms with Crippen LogP contribution in [0.3, 0.4) is 0 Å². The highest BCUT2D eigenvalue weighted by Gasteiger charge is 2.21. The number of benzene rings is 1. The van der Waals surface area contributed by atoms with E-state index in [1.165, 1.54) is 4.88 Å². The first-order valence-electron chi connectivity index (χ1n) is 10.2. The van der Waals surface area contributed by atoms with Gasteiger partial charge in [0.1, 0.15) is 0 Å². The van der Waals surface area contributed by atoms with E-state index in [2.05, 4.69) is 27.4 Å². The second-order valence-corrected chi connectivity index (χ2v) is 8.40. The van der Waals surface area contributed by atoms with Crippen LogP contribution in [-0.2, 0) is 16.0 Å². The van der Waals surface area contributed by atoms with Crippen LogP contribution >= 0.6 is 11.3 Å². The Morgan fingerprint density at radius 3 is 2.28 bits per heavy atom. The number of rotatable bonds is 8. The molecule has 0 aliphatic carbocycles. The van der Waals surface area contributed by atoms with Crippen LogP contribution < -0.4 is 10.6 Å². The van der Waals surface area contributed by atoms with Crippen LogP contribution in [0.2, 0.25) is 0 Å². The number of carbonyl (C=O) groups is 2. The van der Waals surface area contributed by atoms with Gasteiger partial charge in [0.15, 0.2) is 0 Å². The first-order valence-corrected chi connectivity index (χ1v) is 11.1. The average molecular weight is 415 g/mol. The molecular formula is C22H30N4O2S. The molecule has 2 N–H and O–H groups in total. The summed E-state index contributed by atoms with van der Waals surface area (Å²) in [7, 11) is 0. The number of aryl methyl sites for hydroxylation is 1. The summed E-state index contributed by atoms with van der Waals surface area (Å²) in [5.74, 6) is 0.0649. The Labute approximate surface area is 176 Å². The van der Waals surface area contributed by atoms with Crippen LogP contribution in [0.25, 0.3) is 0 Å². The van der Waals surface area contributed by atoms with Gasteiger partial charge in [-0.2, -0.15) is 0 Å². The summed E-state index contributed by atoms with van der Waals surface area (Å²) in [6.45, 7) is 8.04. The first-order chi connectivity index (χ1) is 14.0. The number of hydrogen-bond acceptors (Lipinski definition) is 5. The van der Waals surface area contributed by atoms with E-state index in [-0.39, 0.29) is 17.9 Å². The van der Waals surface area contributed by atoms with Gasteiger partial charge < -0.3 is 10.6 Å². The number of carbonyl (C=O) groups excluding carboxylic acids is 2. The summed E-state index contributed by atoms with van der Waals surface area (Å²) in [4.78, 5) is 30.2. The molecule has 3 rings (SSSR count). The highest BCUT2D eigenvalue weighted by molar-refractivity contribution is 7.10. The molecule has 7 heteroatoms. The van der Waals surface area contributed by atoms with Gasteiger partial charge in [0.05, 0.1) is 19.1 Å². The zero-order valence-corrected chi connectivity index (χ0v) is 18.0. The van der Waals surface area contributed by atoms with Crippen molar-refractivity contribution in [2.45, 2.75) is 26.3 Å². The van der Waals surface area contributed by atoms with Gasteiger partial charge in [-0.05, 0) is 36.4 Å². The number of para-hydroxylation sites is 1. The maximum atomic E-state index is 12.4. The highest BCUT2D eigenvalue weighted by atomic mass is 32.1. The molecule has 1 aromatic heterocycles. The predicted octanol–water partition coefficient (Wildman–Crippen LogP) is 2.74. The van der Waals surface area contributed by atoms with E-state index in [9.17, 15) is 9.59 Å². The Hall–Kier alpha value is -2.22. The van der Waals surface area contributed by atoms with Gasteiger partial charge in [-0.25, -0.2) is 0 Å². The van der Waals surface area contributed by atoms with Crippen molar-refractivity contribution in [2.75, 3.05) is 44.6 Å². The second kappa shape index (κ2) is 10.5. The second-order valence-electron chi connectivity index (χ2n) is 7.42. The molecule has 6 nitrogen and oxygen atoms in total. The summed E-state index contributed by atoms with van der Waals surface area (Å²) in [6, 6.07) is 12.0. The van der Waals surface area contributed by atoms with Crippen molar-refractivity contribution in [3.8, 4) is 0 Å². The third kappa shape index (κ3) is 6.39. The molecule has 0 radical (unpaired) electrons. The molecule has 2 aromatic rings. The van der Waals surface area contributed by atoms with Crippen molar-refractivity contribution < 1.29 is 9.59 Å². The van der Waals surface area contributed by atoms with Crippen molar-refractivity contribution in [1.82, 2.24) is 15.1 Å². The van der Waals surface area contributed by atoms with E-state index in [4.69, 9.17) is 0 Å². The Morgan fingerprint density at radius 1 is 1.00 bits per heavy atom. The fourth-order valence-electron chi connectivity index (χ4n) is 3.55. The summed E-state index contributed by atoms with van der Waals surface area (Å²) in [6.07, 6.45) is 0.891. The van der Waals surface area contributed by atoms with Crippen LogP contribution in [0.4, 0.5) is 5.69 Å². The Kier molecular flexibility index (Phi) is 7.80. The minimum atomic E-state index is 0.0156. The van der Waals surface area contributed by atoms with Gasteiger partial charge in [0, 0.05) is 36.7 Å². The normalized spacial score (nSPS) is 16.3. The predicted molar refractivity (Wildman–Crippen MR) is 118 cm³/mol. The van der Waals surface area contributed by atoms with Crippen LogP contribution in [-0.4, -0.2) is 60.9 Å². The summed E-state index contributed by atoms with van der Waals surface area (Å²) >= 11 is 1.65. The molecule has 0 bridgehead atoms. The SMILES string of the molecule is CCc1ccccc1NC(=O)CN1CCN(CC(=O)N[C@@H](C)c2cccs2)CC1. The van der Waals surface area contributed by atoms with E-state index in [0.717, 1.165) is 43.9 Å². The van der Waals surface area contributed by atoms with Gasteiger partial charge in [0.2, 0.25) is 11.8 Å². The number of nitrogens with zero attached hydrogens (tertiary/aromatic N) is 2. The molecular weight excluding hydrogens is 384 g/mol. The average Bonchev–Trinajstić information content (AvgIpc) is 3.25. The van der Waals surface area contributed by atoms with Crippen molar-refractivity contribution in [3.63, 3.8) is 0 Å². The van der Waals surface area contributed by atoms with Crippen LogP contribution in [0.1, 0.15) is 30.3 Å². The zero-order chi connectivity index (χ0) is 20.6. The number of thiophene rings is 1. The van der Waals surface area contributed by atoms with Crippen molar-refractivity contribution in [2.24, 2.45) is 0 Å². The monoisotopic (exact) mass is 414 g/mol. The van der Waals surface area contributed by atoms with Crippen LogP contribution in [0.15, 0.2) is 41.8 Å². The molecule has 0 spiro atoms. The lowest BCUT2D eigenvalue weighted by atomic mass is 10.1. The molecule has 1 fully saturated rings. The molecule has 1 aliphatic heterocycles. The lowest BCUT2D eigenvalue weighted by molar-refractivity contribution is -0.124. The zero-order valence-electron chi connectivity index (χ0n) is 17.2. The van der Waals surface area contributed by atoms with Crippen molar-refractivity contribution in [3.05, 3.63) is 52.2 Å². The van der Waals surface area contributed by atoms with E-state index in [0.29, 0.717) is 13.1 Å². The molecule has 29 heavy (non-hydrogen) atoms. The Morgan fingerprint density at radius 2 is 1.66 bits per heavy atom. The maximum absolute atomic E-state index is 12.4. The fraction of sp³-hybridized carbons (Fsp3) is 0.455. The topological polar surface area (TPSA) is 64.7 Å². The number of piperazine rings is 1. The van der Waals surface area contributed by atoms with Gasteiger partial charge in [-0.1, -0.05) is 31.2 Å². The standard InChI is InChI=1S/C22H30N4O2S/c1-3-18-7-4-5-8-19(18)24-22(28)16-26-12-10-25(11-13-26)15-21(27)23-17(2)20-9-6-14-29-20/h4-9,14,17H,3,10-13,15-16H2,1-2H3,(H,23,27)(H,24,28)/t17-/m0/s1. The molecule has 0 saturated carbocycles. The van der Waals surface area contributed by atoms with E-state index >= 15 is 0 Å². The molecule has 0 unspecified atom stereocenters. The van der Waals surface area contributed by atoms with Gasteiger partial charge >= 0.3 is 0 Å². The van der Waals surface area contributed by atoms with Crippen LogP contribution in [0.5, 0.6) is 0 Å². The molecule has 2 amide bonds. The maximum Gasteiger partial charge on any atom is 0.238 e. The van der Waals surface area contributed by atoms with Crippen molar-refractivity contribution in [1.29, 1.82) is 0 Å². The lowest BCUT2D eigenvalue weighted by Crippen LogP contribution is -2.51. The third-order valence-corrected chi connectivity index (χ3v) is 6.27. The van der Waals surface area contributed by atoms with Gasteiger partial charge in [0.25, 0.3) is 0 Å². The van der Waals surface area contributed by atoms with Crippen molar-refractivity contribution >= 4 is 28.8 Å². The van der Waals surface area contributed by atoms with Gasteiger partial charge in [-0.15, -0.1) is 11.3 Å². The van der Waals surface area contributed by atoms with E-state index < -0.39 is 0 Å². The van der Waals surface area contributed by atoms with E-state index in [1.54, 1.807) is 11.3 Å². The first kappa shape index (κ1) is 21.5. The Bertz CT molecular complexity index is 801. The lowest BCUT2D eigenvalue weighted by Gasteiger charge is -2.34. The summed E-state index contributed by atoms with van der Waals surface area (Å²) in [5, 5.41) is 8.11. The minimum absolute atomic E-state index is 0.0156. The molecule has 156 valence electrons. The number of anilines is 1. The smallest absolute Gasteiger partial charge is 0.238 e. The largest absolute Gasteiger partial charge is 0.348 e. The number of amides is 2. The molecule has 1 atom stereocenters. The fourth-order valence-corrected chi connectivity index (χ4v) is 4.28. The minimum Gasteiger partial charge on any atom is -0.348 e. The quantitative estimate of drug-likeness (QED) is 0.697. The summed E-state index contributed by atoms with van der Waals surface area (Å²) in [5.41, 5.74) is 2.05. The molecule has 1 saturated heterocycles. The van der Waals surface area contributed by atoms with Gasteiger partial charge in [-0.3, -0.25) is 19.4 Å². The Balaban J connectivity index is 1.38. The number of hydrogen-bond donors (Lipinski definition) is 2. The van der Waals surface area contributed by atoms with Crippen LogP contribution in [0, 0.1) is 0 Å². The highest BCUT2D eigenvalue weighted by Crippen LogP contribution is 2.18. The molecule has 1 aromatic carbocycles.